The molecule has 0 aliphatic rings. The molecule has 0 amide bonds. The van der Waals surface area contributed by atoms with Gasteiger partial charge in [-0.25, -0.2) is 0 Å². The van der Waals surface area contributed by atoms with Crippen LogP contribution in [-0.2, 0) is 0 Å². The number of carbonyl (C=O) groups is 1. The number of hydrogen-bond acceptors (Lipinski definition) is 4. The lowest BCUT2D eigenvalue weighted by Crippen LogP contribution is -2.01. The van der Waals surface area contributed by atoms with E-state index >= 15 is 0 Å². The number of rotatable bonds is 2. The van der Waals surface area contributed by atoms with Crippen molar-refractivity contribution in [3.63, 3.8) is 0 Å². The normalized spacial score (nSPS) is 9.23. The summed E-state index contributed by atoms with van der Waals surface area (Å²) in [6.07, 6.45) is 6.65. The van der Waals surface area contributed by atoms with Gasteiger partial charge in [0.05, 0.1) is 15.6 Å². The second-order valence-corrected chi connectivity index (χ2v) is 7.54. The van der Waals surface area contributed by atoms with Crippen LogP contribution in [0.3, 0.4) is 0 Å². The molecular formula is C24H16BrCl2N3O. The summed E-state index contributed by atoms with van der Waals surface area (Å²) in [4.78, 5) is 19.7. The van der Waals surface area contributed by atoms with Crippen molar-refractivity contribution in [2.75, 3.05) is 0 Å². The number of aromatic nitrogens is 2. The highest BCUT2D eigenvalue weighted by atomic mass is 79.9. The second kappa shape index (κ2) is 13.3. The fourth-order valence-corrected chi connectivity index (χ4v) is 2.86. The Morgan fingerprint density at radius 2 is 1.42 bits per heavy atom. The van der Waals surface area contributed by atoms with E-state index in [9.17, 15) is 4.79 Å². The van der Waals surface area contributed by atoms with Gasteiger partial charge in [-0.3, -0.25) is 14.8 Å². The van der Waals surface area contributed by atoms with Crippen molar-refractivity contribution in [1.82, 2.24) is 9.97 Å². The second-order valence-electron chi connectivity index (χ2n) is 5.81. The maximum atomic E-state index is 11.9. The third kappa shape index (κ3) is 8.31. The number of hydrogen-bond donors (Lipinski definition) is 0. The maximum Gasteiger partial charge on any atom is 0.196 e. The number of halogens is 3. The van der Waals surface area contributed by atoms with Crippen LogP contribution >= 0.6 is 39.1 Å². The Kier molecular flexibility index (Phi) is 10.4. The van der Waals surface area contributed by atoms with Gasteiger partial charge >= 0.3 is 0 Å². The van der Waals surface area contributed by atoms with E-state index in [0.717, 1.165) is 4.47 Å². The Bertz CT molecular complexity index is 1150. The summed E-state index contributed by atoms with van der Waals surface area (Å²) in [5.41, 5.74) is 1.58. The molecule has 154 valence electrons. The molecule has 4 rings (SSSR count). The lowest BCUT2D eigenvalue weighted by molar-refractivity contribution is 0.103. The largest absolute Gasteiger partial charge is 0.288 e. The average molecular weight is 513 g/mol. The fourth-order valence-electron chi connectivity index (χ4n) is 2.19. The Hall–Kier alpha value is -3.04. The smallest absolute Gasteiger partial charge is 0.196 e. The molecule has 0 unspecified atom stereocenters. The van der Waals surface area contributed by atoms with Gasteiger partial charge in [-0.1, -0.05) is 47.5 Å². The van der Waals surface area contributed by atoms with Crippen molar-refractivity contribution >= 4 is 44.9 Å². The predicted octanol–water partition coefficient (Wildman–Crippen LogP) is 7.02. The highest BCUT2D eigenvalue weighted by molar-refractivity contribution is 9.10. The van der Waals surface area contributed by atoms with Crippen molar-refractivity contribution in [2.24, 2.45) is 0 Å². The Balaban J connectivity index is 0.000000181. The van der Waals surface area contributed by atoms with Gasteiger partial charge in [-0.15, -0.1) is 0 Å². The van der Waals surface area contributed by atoms with Crippen LogP contribution in [0.4, 0.5) is 0 Å². The third-order valence-corrected chi connectivity index (χ3v) is 4.79. The molecule has 7 heteroatoms. The number of nitrogens with zero attached hydrogens (tertiary/aromatic N) is 3. The Morgan fingerprint density at radius 3 is 1.87 bits per heavy atom. The van der Waals surface area contributed by atoms with Crippen molar-refractivity contribution in [2.45, 2.75) is 0 Å². The van der Waals surface area contributed by atoms with E-state index in [-0.39, 0.29) is 5.78 Å². The van der Waals surface area contributed by atoms with E-state index in [0.29, 0.717) is 26.7 Å². The number of nitriles is 1. The molecule has 2 aromatic heterocycles. The van der Waals surface area contributed by atoms with Crippen LogP contribution in [0.1, 0.15) is 21.5 Å². The van der Waals surface area contributed by atoms with E-state index in [2.05, 4.69) is 25.9 Å². The minimum absolute atomic E-state index is 0.103. The zero-order chi connectivity index (χ0) is 22.5. The summed E-state index contributed by atoms with van der Waals surface area (Å²) in [6, 6.07) is 23.2. The quantitative estimate of drug-likeness (QED) is 0.270. The number of pyridine rings is 2. The monoisotopic (exact) mass is 511 g/mol. The minimum atomic E-state index is -0.103. The maximum absolute atomic E-state index is 11.9. The van der Waals surface area contributed by atoms with E-state index < -0.39 is 0 Å². The van der Waals surface area contributed by atoms with Crippen molar-refractivity contribution < 1.29 is 4.79 Å². The first-order valence-corrected chi connectivity index (χ1v) is 10.5. The zero-order valence-corrected chi connectivity index (χ0v) is 19.2. The van der Waals surface area contributed by atoms with Crippen LogP contribution in [0.5, 0.6) is 0 Å². The molecule has 0 radical (unpaired) electrons. The highest BCUT2D eigenvalue weighted by Crippen LogP contribution is 2.18. The van der Waals surface area contributed by atoms with Crippen molar-refractivity contribution in [1.29, 1.82) is 5.26 Å². The molecule has 0 aliphatic carbocycles. The molecule has 0 aliphatic heterocycles. The van der Waals surface area contributed by atoms with E-state index in [1.165, 1.54) is 6.20 Å². The van der Waals surface area contributed by atoms with Crippen LogP contribution < -0.4 is 0 Å². The van der Waals surface area contributed by atoms with Crippen LogP contribution in [0.25, 0.3) is 0 Å². The molecule has 0 N–H and O–H groups in total. The SMILES string of the molecule is Brc1cccnc1.N#Cc1ccccc1Cl.O=C(c1cccnc1)c1ccccc1Cl. The zero-order valence-electron chi connectivity index (χ0n) is 16.1. The average Bonchev–Trinajstić information content (AvgIpc) is 2.81. The molecule has 0 spiro atoms. The molecule has 31 heavy (non-hydrogen) atoms. The van der Waals surface area contributed by atoms with Gasteiger partial charge in [-0.2, -0.15) is 5.26 Å². The van der Waals surface area contributed by atoms with E-state index in [4.69, 9.17) is 28.5 Å². The van der Waals surface area contributed by atoms with Gasteiger partial charge in [-0.05, 0) is 64.5 Å². The summed E-state index contributed by atoms with van der Waals surface area (Å²) in [5.74, 6) is -0.103. The minimum Gasteiger partial charge on any atom is -0.288 e. The van der Waals surface area contributed by atoms with Gasteiger partial charge in [0, 0.05) is 40.4 Å². The van der Waals surface area contributed by atoms with Gasteiger partial charge < -0.3 is 0 Å². The van der Waals surface area contributed by atoms with Crippen LogP contribution in [-0.4, -0.2) is 15.8 Å². The lowest BCUT2D eigenvalue weighted by atomic mass is 10.1. The standard InChI is InChI=1S/C12H8ClNO.C7H4ClN.C5H4BrN/c13-11-6-2-1-5-10(11)12(15)9-4-3-7-14-8-9;8-7-4-2-1-3-6(7)5-9;6-5-2-1-3-7-4-5/h1-8H;1-4H;1-4H. The molecule has 0 atom stereocenters. The van der Waals surface area contributed by atoms with Crippen LogP contribution in [0, 0.1) is 11.3 Å². The highest BCUT2D eigenvalue weighted by Gasteiger charge is 2.11. The third-order valence-electron chi connectivity index (χ3n) is 3.66. The summed E-state index contributed by atoms with van der Waals surface area (Å²) in [7, 11) is 0. The Labute approximate surface area is 199 Å². The van der Waals surface area contributed by atoms with Gasteiger partial charge in [0.1, 0.15) is 6.07 Å². The molecule has 4 aromatic rings. The van der Waals surface area contributed by atoms with Crippen molar-refractivity contribution in [3.8, 4) is 6.07 Å². The van der Waals surface area contributed by atoms with Crippen LogP contribution in [0.2, 0.25) is 10.0 Å². The van der Waals surface area contributed by atoms with Crippen molar-refractivity contribution in [3.05, 3.63) is 129 Å². The summed E-state index contributed by atoms with van der Waals surface area (Å²) >= 11 is 14.8. The number of benzene rings is 2. The first-order valence-electron chi connectivity index (χ1n) is 8.92. The first-order chi connectivity index (χ1) is 15.0. The molecule has 2 heterocycles. The number of ketones is 1. The van der Waals surface area contributed by atoms with Gasteiger partial charge in [0.15, 0.2) is 5.78 Å². The van der Waals surface area contributed by atoms with Gasteiger partial charge in [0.25, 0.3) is 0 Å². The predicted molar refractivity (Wildman–Crippen MR) is 127 cm³/mol. The molecule has 4 nitrogen and oxygen atoms in total. The Morgan fingerprint density at radius 1 is 0.806 bits per heavy atom. The molecule has 0 fully saturated rings. The summed E-state index contributed by atoms with van der Waals surface area (Å²) in [6.45, 7) is 0. The first kappa shape index (κ1) is 24.2. The van der Waals surface area contributed by atoms with E-state index in [1.807, 2.05) is 18.2 Å². The topological polar surface area (TPSA) is 66.6 Å². The van der Waals surface area contributed by atoms with Crippen LogP contribution in [0.15, 0.2) is 102 Å². The molecule has 0 bridgehead atoms. The summed E-state index contributed by atoms with van der Waals surface area (Å²) < 4.78 is 1.02. The molecule has 0 saturated heterocycles. The molecule has 0 saturated carbocycles. The molecular weight excluding hydrogens is 497 g/mol. The van der Waals surface area contributed by atoms with Gasteiger partial charge in [0.2, 0.25) is 0 Å². The summed E-state index contributed by atoms with van der Waals surface area (Å²) in [5, 5.41) is 9.36. The molecule has 2 aromatic carbocycles. The number of carbonyl (C=O) groups excluding carboxylic acids is 1. The van der Waals surface area contributed by atoms with E-state index in [1.54, 1.807) is 79.3 Å². The fraction of sp³-hybridized carbons (Fsp3) is 0. The lowest BCUT2D eigenvalue weighted by Gasteiger charge is -2.02.